The van der Waals surface area contributed by atoms with E-state index in [2.05, 4.69) is 0 Å². The molecule has 1 fully saturated rings. The monoisotopic (exact) mass is 305 g/mol. The summed E-state index contributed by atoms with van der Waals surface area (Å²) < 4.78 is 53.4. The first-order chi connectivity index (χ1) is 9.48. The van der Waals surface area contributed by atoms with Gasteiger partial charge in [-0.2, -0.15) is 4.31 Å². The number of aliphatic hydroxyl groups is 1. The number of rotatable bonds is 5. The normalized spacial score (nSPS) is 20.4. The van der Waals surface area contributed by atoms with Gasteiger partial charge in [0.15, 0.2) is 4.90 Å². The molecule has 1 aliphatic rings. The molecule has 0 bridgehead atoms. The molecule has 1 unspecified atom stereocenters. The highest BCUT2D eigenvalue weighted by Crippen LogP contribution is 2.30. The van der Waals surface area contributed by atoms with Crippen molar-refractivity contribution < 1.29 is 22.3 Å². The number of aliphatic hydroxyl groups excluding tert-OH is 1. The summed E-state index contributed by atoms with van der Waals surface area (Å²) in [5, 5.41) is 8.83. The van der Waals surface area contributed by atoms with Crippen molar-refractivity contribution in [1.29, 1.82) is 0 Å². The van der Waals surface area contributed by atoms with E-state index < -0.39 is 26.6 Å². The van der Waals surface area contributed by atoms with Crippen molar-refractivity contribution in [3.8, 4) is 0 Å². The number of hydrogen-bond acceptors (Lipinski definition) is 3. The number of halogens is 2. The molecule has 7 heteroatoms. The first-order valence-corrected chi connectivity index (χ1v) is 7.99. The smallest absolute Gasteiger partial charge is 0.249 e. The van der Waals surface area contributed by atoms with Crippen molar-refractivity contribution in [2.75, 3.05) is 13.2 Å². The van der Waals surface area contributed by atoms with Crippen LogP contribution in [0.15, 0.2) is 23.1 Å². The summed E-state index contributed by atoms with van der Waals surface area (Å²) in [6.45, 7) is 0.227. The van der Waals surface area contributed by atoms with Crippen LogP contribution in [0.1, 0.15) is 25.7 Å². The predicted octanol–water partition coefficient (Wildman–Crippen LogP) is 1.89. The predicted molar refractivity (Wildman–Crippen MR) is 69.6 cm³/mol. The van der Waals surface area contributed by atoms with Gasteiger partial charge in [0.05, 0.1) is 0 Å². The van der Waals surface area contributed by atoms with Crippen LogP contribution in [-0.2, 0) is 10.0 Å². The molecule has 2 rings (SSSR count). The van der Waals surface area contributed by atoms with Crippen LogP contribution < -0.4 is 0 Å². The van der Waals surface area contributed by atoms with E-state index in [-0.39, 0.29) is 19.2 Å². The van der Waals surface area contributed by atoms with Crippen molar-refractivity contribution in [2.45, 2.75) is 36.6 Å². The Bertz CT molecular complexity index is 557. The van der Waals surface area contributed by atoms with E-state index in [0.29, 0.717) is 25.7 Å². The summed E-state index contributed by atoms with van der Waals surface area (Å²) in [4.78, 5) is -0.879. The highest BCUT2D eigenvalue weighted by Gasteiger charge is 2.37. The van der Waals surface area contributed by atoms with Crippen molar-refractivity contribution >= 4 is 10.0 Å². The molecular formula is C13H17F2NO3S. The lowest BCUT2D eigenvalue weighted by molar-refractivity contribution is 0.263. The topological polar surface area (TPSA) is 57.6 Å². The van der Waals surface area contributed by atoms with E-state index in [1.165, 1.54) is 0 Å². The molecule has 1 N–H and O–H groups in total. The van der Waals surface area contributed by atoms with E-state index in [1.807, 2.05) is 0 Å². The van der Waals surface area contributed by atoms with Gasteiger partial charge < -0.3 is 5.11 Å². The van der Waals surface area contributed by atoms with Gasteiger partial charge in [-0.25, -0.2) is 17.2 Å². The van der Waals surface area contributed by atoms with Crippen LogP contribution in [0.5, 0.6) is 0 Å². The molecule has 1 aromatic rings. The Morgan fingerprint density at radius 1 is 1.30 bits per heavy atom. The van der Waals surface area contributed by atoms with Gasteiger partial charge >= 0.3 is 0 Å². The van der Waals surface area contributed by atoms with Gasteiger partial charge in [0.2, 0.25) is 10.0 Å². The number of sulfonamides is 1. The van der Waals surface area contributed by atoms with E-state index in [0.717, 1.165) is 22.5 Å². The molecule has 1 atom stereocenters. The molecule has 0 aliphatic carbocycles. The van der Waals surface area contributed by atoms with Gasteiger partial charge in [-0.05, 0) is 37.8 Å². The molecule has 0 radical (unpaired) electrons. The minimum Gasteiger partial charge on any atom is -0.396 e. The molecule has 20 heavy (non-hydrogen) atoms. The molecule has 1 saturated heterocycles. The average molecular weight is 305 g/mol. The molecule has 1 aromatic carbocycles. The zero-order chi connectivity index (χ0) is 14.8. The van der Waals surface area contributed by atoms with Crippen LogP contribution in [0.3, 0.4) is 0 Å². The average Bonchev–Trinajstić information content (AvgIpc) is 2.84. The Morgan fingerprint density at radius 2 is 1.95 bits per heavy atom. The van der Waals surface area contributed by atoms with Crippen molar-refractivity contribution in [3.05, 3.63) is 29.8 Å². The van der Waals surface area contributed by atoms with Gasteiger partial charge in [-0.3, -0.25) is 0 Å². The molecule has 0 amide bonds. The summed E-state index contributed by atoms with van der Waals surface area (Å²) in [6, 6.07) is 2.71. The molecule has 0 saturated carbocycles. The van der Waals surface area contributed by atoms with E-state index in [4.69, 9.17) is 5.11 Å². The van der Waals surface area contributed by atoms with Gasteiger partial charge in [-0.15, -0.1) is 0 Å². The maximum Gasteiger partial charge on any atom is 0.249 e. The molecule has 0 aromatic heterocycles. The lowest BCUT2D eigenvalue weighted by Gasteiger charge is -2.24. The summed E-state index contributed by atoms with van der Waals surface area (Å²) in [5.41, 5.74) is 0. The Labute approximate surface area is 117 Å². The van der Waals surface area contributed by atoms with E-state index in [1.54, 1.807) is 0 Å². The fourth-order valence-electron chi connectivity index (χ4n) is 2.59. The number of hydrogen-bond donors (Lipinski definition) is 1. The van der Waals surface area contributed by atoms with Gasteiger partial charge in [-0.1, -0.05) is 6.07 Å². The summed E-state index contributed by atoms with van der Waals surface area (Å²) >= 11 is 0. The second-order valence-electron chi connectivity index (χ2n) is 4.83. The van der Waals surface area contributed by atoms with Gasteiger partial charge in [0.1, 0.15) is 11.6 Å². The summed E-state index contributed by atoms with van der Waals surface area (Å²) in [6.07, 6.45) is 2.27. The molecule has 1 aliphatic heterocycles. The third-order valence-corrected chi connectivity index (χ3v) is 5.51. The van der Waals surface area contributed by atoms with Crippen LogP contribution in [0.4, 0.5) is 8.78 Å². The first kappa shape index (κ1) is 15.3. The maximum absolute atomic E-state index is 13.7. The zero-order valence-electron chi connectivity index (χ0n) is 10.9. The Hall–Kier alpha value is -1.05. The SMILES string of the molecule is O=S(=O)(c1c(F)cccc1F)N1CCCC1CCCO. The fourth-order valence-corrected chi connectivity index (χ4v) is 4.42. The van der Waals surface area contributed by atoms with E-state index >= 15 is 0 Å². The van der Waals surface area contributed by atoms with Crippen molar-refractivity contribution in [2.24, 2.45) is 0 Å². The number of nitrogens with zero attached hydrogens (tertiary/aromatic N) is 1. The number of benzene rings is 1. The fraction of sp³-hybridized carbons (Fsp3) is 0.538. The van der Waals surface area contributed by atoms with Crippen LogP contribution in [0.25, 0.3) is 0 Å². The van der Waals surface area contributed by atoms with Crippen LogP contribution in [0.2, 0.25) is 0 Å². The third-order valence-electron chi connectivity index (χ3n) is 3.50. The van der Waals surface area contributed by atoms with Crippen LogP contribution in [-0.4, -0.2) is 37.0 Å². The largest absolute Gasteiger partial charge is 0.396 e. The van der Waals surface area contributed by atoms with Gasteiger partial charge in [0, 0.05) is 19.2 Å². The minimum absolute atomic E-state index is 0.0293. The van der Waals surface area contributed by atoms with Crippen molar-refractivity contribution in [3.63, 3.8) is 0 Å². The first-order valence-electron chi connectivity index (χ1n) is 6.55. The zero-order valence-corrected chi connectivity index (χ0v) is 11.7. The maximum atomic E-state index is 13.7. The Morgan fingerprint density at radius 3 is 2.55 bits per heavy atom. The second-order valence-corrected chi connectivity index (χ2v) is 6.66. The third kappa shape index (κ3) is 2.84. The van der Waals surface area contributed by atoms with Crippen LogP contribution >= 0.6 is 0 Å². The molecule has 4 nitrogen and oxygen atoms in total. The lowest BCUT2D eigenvalue weighted by Crippen LogP contribution is -2.36. The lowest BCUT2D eigenvalue weighted by atomic mass is 10.1. The highest BCUT2D eigenvalue weighted by molar-refractivity contribution is 7.89. The van der Waals surface area contributed by atoms with E-state index in [9.17, 15) is 17.2 Å². The molecule has 1 heterocycles. The Kier molecular flexibility index (Phi) is 4.72. The minimum atomic E-state index is -4.18. The molecule has 112 valence electrons. The van der Waals surface area contributed by atoms with Crippen LogP contribution in [0, 0.1) is 11.6 Å². The Balaban J connectivity index is 2.34. The molecular weight excluding hydrogens is 288 g/mol. The highest BCUT2D eigenvalue weighted by atomic mass is 32.2. The summed E-state index contributed by atoms with van der Waals surface area (Å²) in [7, 11) is -4.18. The quantitative estimate of drug-likeness (QED) is 0.904. The molecule has 0 spiro atoms. The second kappa shape index (κ2) is 6.15. The van der Waals surface area contributed by atoms with Crippen molar-refractivity contribution in [1.82, 2.24) is 4.31 Å². The summed E-state index contributed by atoms with van der Waals surface area (Å²) in [5.74, 6) is -2.14. The standard InChI is InChI=1S/C13H17F2NO3S/c14-11-6-1-7-12(15)13(11)20(18,19)16-8-2-4-10(16)5-3-9-17/h1,6-7,10,17H,2-5,8-9H2. The van der Waals surface area contributed by atoms with Gasteiger partial charge in [0.25, 0.3) is 0 Å².